The molecule has 0 bridgehead atoms. The van der Waals surface area contributed by atoms with Gasteiger partial charge in [-0.3, -0.25) is 0 Å². The number of rotatable bonds is 8. The molecule has 3 fully saturated rings. The summed E-state index contributed by atoms with van der Waals surface area (Å²) < 4.78 is 28.3. The van der Waals surface area contributed by atoms with Gasteiger partial charge >= 0.3 is 0 Å². The van der Waals surface area contributed by atoms with Crippen molar-refractivity contribution in [2.45, 2.75) is 103 Å². The molecular formula is C24H36O14S. The van der Waals surface area contributed by atoms with Gasteiger partial charge < -0.3 is 69.6 Å². The van der Waals surface area contributed by atoms with E-state index in [1.807, 2.05) is 6.07 Å². The third-order valence-corrected chi connectivity index (χ3v) is 8.20. The van der Waals surface area contributed by atoms with Crippen LogP contribution in [0.5, 0.6) is 0 Å². The molecule has 0 aromatic heterocycles. The lowest BCUT2D eigenvalue weighted by Crippen LogP contribution is -2.66. The highest BCUT2D eigenvalue weighted by Gasteiger charge is 2.53. The van der Waals surface area contributed by atoms with E-state index in [1.165, 1.54) is 6.92 Å². The average Bonchev–Trinajstić information content (AvgIpc) is 2.94. The maximum Gasteiger partial charge on any atom is 0.187 e. The largest absolute Gasteiger partial charge is 0.394 e. The highest BCUT2D eigenvalue weighted by atomic mass is 32.2. The molecule has 222 valence electrons. The molecule has 0 aliphatic carbocycles. The van der Waals surface area contributed by atoms with Crippen molar-refractivity contribution in [1.82, 2.24) is 0 Å². The van der Waals surface area contributed by atoms with Gasteiger partial charge in [0, 0.05) is 4.90 Å². The van der Waals surface area contributed by atoms with E-state index in [9.17, 15) is 46.0 Å². The lowest BCUT2D eigenvalue weighted by atomic mass is 9.96. The molecule has 1 aromatic rings. The highest BCUT2D eigenvalue weighted by molar-refractivity contribution is 7.99. The summed E-state index contributed by atoms with van der Waals surface area (Å²) >= 11 is 1.12. The second-order valence-corrected chi connectivity index (χ2v) is 10.9. The van der Waals surface area contributed by atoms with Crippen LogP contribution in [-0.4, -0.2) is 150 Å². The van der Waals surface area contributed by atoms with Crippen LogP contribution in [0, 0.1) is 0 Å². The Hall–Kier alpha value is -0.990. The van der Waals surface area contributed by atoms with Crippen molar-refractivity contribution in [3.8, 4) is 0 Å². The van der Waals surface area contributed by atoms with E-state index in [4.69, 9.17) is 23.7 Å². The number of hydrogen-bond acceptors (Lipinski definition) is 15. The Kier molecular flexibility index (Phi) is 10.6. The Morgan fingerprint density at radius 2 is 1.26 bits per heavy atom. The van der Waals surface area contributed by atoms with E-state index in [2.05, 4.69) is 0 Å². The van der Waals surface area contributed by atoms with E-state index in [0.717, 1.165) is 16.7 Å². The zero-order valence-corrected chi connectivity index (χ0v) is 21.8. The second-order valence-electron chi connectivity index (χ2n) is 9.73. The van der Waals surface area contributed by atoms with Crippen LogP contribution in [-0.2, 0) is 23.7 Å². The number of thioether (sulfide) groups is 1. The molecule has 4 rings (SSSR count). The van der Waals surface area contributed by atoms with E-state index >= 15 is 0 Å². The van der Waals surface area contributed by atoms with Gasteiger partial charge in [0.15, 0.2) is 12.6 Å². The topological polar surface area (TPSA) is 228 Å². The Morgan fingerprint density at radius 1 is 0.641 bits per heavy atom. The SMILES string of the molecule is C[C@@H]1O[C@@H](O[C@H]2[C@H](O[C@H]3[C@H](O)[C@@H](O)[C@H](Sc4ccccc4)O[C@@H]3CO)O[C@H](CO)[C@H](O)[C@@H]2O)[C@@H](O)[C@H](O)[C@@H]1O. The van der Waals surface area contributed by atoms with Crippen LogP contribution in [0.15, 0.2) is 35.2 Å². The van der Waals surface area contributed by atoms with Crippen molar-refractivity contribution < 1.29 is 69.6 Å². The van der Waals surface area contributed by atoms with Gasteiger partial charge in [0.1, 0.15) is 72.6 Å². The minimum Gasteiger partial charge on any atom is -0.394 e. The van der Waals surface area contributed by atoms with Crippen LogP contribution in [0.25, 0.3) is 0 Å². The Labute approximate surface area is 228 Å². The fourth-order valence-corrected chi connectivity index (χ4v) is 5.78. The quantitative estimate of drug-likeness (QED) is 0.144. The molecule has 3 aliphatic heterocycles. The molecule has 0 amide bonds. The number of aliphatic hydroxyl groups is 9. The molecule has 0 radical (unpaired) electrons. The zero-order chi connectivity index (χ0) is 28.4. The molecule has 0 unspecified atom stereocenters. The van der Waals surface area contributed by atoms with Gasteiger partial charge in [-0.2, -0.15) is 0 Å². The predicted octanol–water partition coefficient (Wildman–Crippen LogP) is -3.75. The molecule has 15 atom stereocenters. The van der Waals surface area contributed by atoms with Gasteiger partial charge in [-0.05, 0) is 19.1 Å². The molecule has 0 saturated carbocycles. The van der Waals surface area contributed by atoms with Crippen molar-refractivity contribution >= 4 is 11.8 Å². The van der Waals surface area contributed by atoms with E-state index in [1.54, 1.807) is 24.3 Å². The average molecular weight is 581 g/mol. The molecule has 3 heterocycles. The number of aliphatic hydroxyl groups excluding tert-OH is 9. The Bertz CT molecular complexity index is 897. The summed E-state index contributed by atoms with van der Waals surface area (Å²) in [4.78, 5) is 0.740. The first-order valence-corrected chi connectivity index (χ1v) is 13.4. The molecule has 14 nitrogen and oxygen atoms in total. The van der Waals surface area contributed by atoms with Crippen molar-refractivity contribution in [1.29, 1.82) is 0 Å². The number of ether oxygens (including phenoxy) is 5. The molecule has 15 heteroatoms. The van der Waals surface area contributed by atoms with Crippen LogP contribution in [0.2, 0.25) is 0 Å². The molecular weight excluding hydrogens is 544 g/mol. The smallest absolute Gasteiger partial charge is 0.187 e. The van der Waals surface area contributed by atoms with Crippen LogP contribution in [0.1, 0.15) is 6.92 Å². The maximum atomic E-state index is 10.9. The summed E-state index contributed by atoms with van der Waals surface area (Å²) in [6.07, 6.45) is -21.2. The molecule has 3 saturated heterocycles. The number of benzene rings is 1. The summed E-state index contributed by atoms with van der Waals surface area (Å²) in [5.74, 6) is 0. The third kappa shape index (κ3) is 6.58. The van der Waals surface area contributed by atoms with Crippen molar-refractivity contribution in [3.05, 3.63) is 30.3 Å². The molecule has 3 aliphatic rings. The predicted molar refractivity (Wildman–Crippen MR) is 130 cm³/mol. The first kappa shape index (κ1) is 31.0. The molecule has 1 aromatic carbocycles. The standard InChI is InChI=1S/C24H36O14S/c1-9-13(27)15(29)18(32)22(34-9)38-21-16(30)14(28)11(7-25)35-23(21)37-20-12(8-26)36-24(19(33)17(20)31)39-10-5-3-2-4-6-10/h2-6,9,11-33H,7-8H2,1H3/t9-,11+,12+,13+,14-,15+,16-,17+,18-,19+,20+,21+,22-,23-,24-/m0/s1. The van der Waals surface area contributed by atoms with E-state index in [-0.39, 0.29) is 0 Å². The maximum absolute atomic E-state index is 10.9. The summed E-state index contributed by atoms with van der Waals surface area (Å²) in [5.41, 5.74) is -0.975. The first-order valence-electron chi connectivity index (χ1n) is 12.5. The van der Waals surface area contributed by atoms with Gasteiger partial charge in [-0.15, -0.1) is 0 Å². The van der Waals surface area contributed by atoms with Crippen LogP contribution in [0.4, 0.5) is 0 Å². The van der Waals surface area contributed by atoms with E-state index in [0.29, 0.717) is 0 Å². The fraction of sp³-hybridized carbons (Fsp3) is 0.750. The van der Waals surface area contributed by atoms with Gasteiger partial charge in [-0.25, -0.2) is 0 Å². The van der Waals surface area contributed by atoms with E-state index < -0.39 is 104 Å². The summed E-state index contributed by atoms with van der Waals surface area (Å²) in [7, 11) is 0. The van der Waals surface area contributed by atoms with Crippen molar-refractivity contribution in [2.24, 2.45) is 0 Å². The second kappa shape index (κ2) is 13.3. The van der Waals surface area contributed by atoms with Gasteiger partial charge in [0.25, 0.3) is 0 Å². The normalized spacial score (nSPS) is 47.2. The molecule has 0 spiro atoms. The number of hydrogen-bond donors (Lipinski definition) is 9. The van der Waals surface area contributed by atoms with Crippen LogP contribution >= 0.6 is 11.8 Å². The first-order chi connectivity index (χ1) is 18.6. The van der Waals surface area contributed by atoms with Crippen molar-refractivity contribution in [3.63, 3.8) is 0 Å². The summed E-state index contributed by atoms with van der Waals surface area (Å²) in [6, 6.07) is 8.94. The van der Waals surface area contributed by atoms with Crippen molar-refractivity contribution in [2.75, 3.05) is 13.2 Å². The lowest BCUT2D eigenvalue weighted by Gasteiger charge is -2.48. The van der Waals surface area contributed by atoms with Gasteiger partial charge in [0.05, 0.1) is 19.3 Å². The Balaban J connectivity index is 1.53. The zero-order valence-electron chi connectivity index (χ0n) is 20.9. The van der Waals surface area contributed by atoms with Gasteiger partial charge in [0.2, 0.25) is 0 Å². The Morgan fingerprint density at radius 3 is 1.90 bits per heavy atom. The monoisotopic (exact) mass is 580 g/mol. The fourth-order valence-electron chi connectivity index (χ4n) is 4.70. The minimum atomic E-state index is -1.78. The van der Waals surface area contributed by atoms with Gasteiger partial charge in [-0.1, -0.05) is 30.0 Å². The van der Waals surface area contributed by atoms with Crippen LogP contribution in [0.3, 0.4) is 0 Å². The lowest BCUT2D eigenvalue weighted by molar-refractivity contribution is -0.379. The third-order valence-electron chi connectivity index (χ3n) is 7.03. The minimum absolute atomic E-state index is 0.640. The van der Waals surface area contributed by atoms with Crippen LogP contribution < -0.4 is 0 Å². The highest BCUT2D eigenvalue weighted by Crippen LogP contribution is 2.36. The molecule has 9 N–H and O–H groups in total. The molecule has 39 heavy (non-hydrogen) atoms. The summed E-state index contributed by atoms with van der Waals surface area (Å²) in [5, 5.41) is 93.0. The summed E-state index contributed by atoms with van der Waals surface area (Å²) in [6.45, 7) is 0.0431.